The molecule has 0 radical (unpaired) electrons. The predicted octanol–water partition coefficient (Wildman–Crippen LogP) is 0.873. The highest BCUT2D eigenvalue weighted by atomic mass is 16.1. The van der Waals surface area contributed by atoms with E-state index in [1.54, 1.807) is 0 Å². The fourth-order valence-corrected chi connectivity index (χ4v) is 2.22. The van der Waals surface area contributed by atoms with Crippen molar-refractivity contribution in [1.82, 2.24) is 14.7 Å². The van der Waals surface area contributed by atoms with Crippen molar-refractivity contribution in [2.24, 2.45) is 13.0 Å². The zero-order valence-electron chi connectivity index (χ0n) is 10.0. The standard InChI is InChI=1S/C12H19N3O/c1-10-9-15(8-5-12(10)16)7-4-11-3-6-13-14(11)2/h3,6,10H,4-5,7-9H2,1-2H3. The number of carbonyl (C=O) groups is 1. The van der Waals surface area contributed by atoms with Crippen LogP contribution in [-0.4, -0.2) is 40.1 Å². The highest BCUT2D eigenvalue weighted by Crippen LogP contribution is 2.12. The van der Waals surface area contributed by atoms with Crippen LogP contribution in [0.1, 0.15) is 19.0 Å². The van der Waals surface area contributed by atoms with Gasteiger partial charge in [0.05, 0.1) is 0 Å². The Morgan fingerprint density at radius 2 is 2.38 bits per heavy atom. The number of aryl methyl sites for hydroxylation is 1. The summed E-state index contributed by atoms with van der Waals surface area (Å²) in [5, 5.41) is 4.15. The molecule has 0 spiro atoms. The first-order chi connectivity index (χ1) is 7.66. The van der Waals surface area contributed by atoms with Gasteiger partial charge in [-0.15, -0.1) is 0 Å². The number of hydrogen-bond acceptors (Lipinski definition) is 3. The van der Waals surface area contributed by atoms with E-state index >= 15 is 0 Å². The summed E-state index contributed by atoms with van der Waals surface area (Å²) < 4.78 is 1.92. The summed E-state index contributed by atoms with van der Waals surface area (Å²) in [5.74, 6) is 0.622. The van der Waals surface area contributed by atoms with Gasteiger partial charge in [0.1, 0.15) is 5.78 Å². The largest absolute Gasteiger partial charge is 0.302 e. The first kappa shape index (κ1) is 11.3. The van der Waals surface area contributed by atoms with E-state index in [0.717, 1.165) is 26.1 Å². The molecule has 0 aromatic carbocycles. The zero-order chi connectivity index (χ0) is 11.5. The van der Waals surface area contributed by atoms with Crippen molar-refractivity contribution in [3.05, 3.63) is 18.0 Å². The van der Waals surface area contributed by atoms with E-state index in [-0.39, 0.29) is 5.92 Å². The van der Waals surface area contributed by atoms with E-state index in [4.69, 9.17) is 0 Å². The molecule has 0 N–H and O–H groups in total. The van der Waals surface area contributed by atoms with Crippen molar-refractivity contribution in [2.75, 3.05) is 19.6 Å². The summed E-state index contributed by atoms with van der Waals surface area (Å²) >= 11 is 0. The molecule has 0 aliphatic carbocycles. The molecule has 1 unspecified atom stereocenters. The molecule has 1 aliphatic rings. The van der Waals surface area contributed by atoms with Crippen molar-refractivity contribution in [3.63, 3.8) is 0 Å². The third-order valence-electron chi connectivity index (χ3n) is 3.36. The quantitative estimate of drug-likeness (QED) is 0.760. The Morgan fingerprint density at radius 1 is 1.56 bits per heavy atom. The molecule has 1 aromatic heterocycles. The Bertz CT molecular complexity index is 372. The fourth-order valence-electron chi connectivity index (χ4n) is 2.22. The minimum atomic E-state index is 0.209. The van der Waals surface area contributed by atoms with Crippen LogP contribution in [0, 0.1) is 5.92 Å². The van der Waals surface area contributed by atoms with E-state index in [1.807, 2.05) is 24.9 Å². The molecule has 4 heteroatoms. The minimum absolute atomic E-state index is 0.209. The number of nitrogens with zero attached hydrogens (tertiary/aromatic N) is 3. The van der Waals surface area contributed by atoms with Gasteiger partial charge in [-0.25, -0.2) is 0 Å². The molecule has 0 bridgehead atoms. The van der Waals surface area contributed by atoms with Gasteiger partial charge in [0.25, 0.3) is 0 Å². The summed E-state index contributed by atoms with van der Waals surface area (Å²) in [4.78, 5) is 13.8. The maximum absolute atomic E-state index is 11.4. The maximum Gasteiger partial charge on any atom is 0.138 e. The lowest BCUT2D eigenvalue weighted by atomic mass is 9.98. The fraction of sp³-hybridized carbons (Fsp3) is 0.667. The second kappa shape index (κ2) is 4.78. The number of hydrogen-bond donors (Lipinski definition) is 0. The average molecular weight is 221 g/mol. The third-order valence-corrected chi connectivity index (χ3v) is 3.36. The third kappa shape index (κ3) is 2.50. The molecular weight excluding hydrogens is 202 g/mol. The highest BCUT2D eigenvalue weighted by molar-refractivity contribution is 5.81. The van der Waals surface area contributed by atoms with Gasteiger partial charge in [0, 0.05) is 57.3 Å². The van der Waals surface area contributed by atoms with Crippen molar-refractivity contribution >= 4 is 5.78 Å². The van der Waals surface area contributed by atoms with Crippen LogP contribution >= 0.6 is 0 Å². The van der Waals surface area contributed by atoms with Crippen molar-refractivity contribution < 1.29 is 4.79 Å². The summed E-state index contributed by atoms with van der Waals surface area (Å²) in [6.07, 6.45) is 3.56. The van der Waals surface area contributed by atoms with E-state index in [2.05, 4.69) is 16.1 Å². The molecule has 4 nitrogen and oxygen atoms in total. The SMILES string of the molecule is CC1CN(CCc2ccnn2C)CCC1=O. The van der Waals surface area contributed by atoms with Gasteiger partial charge >= 0.3 is 0 Å². The number of carbonyl (C=O) groups excluding carboxylic acids is 1. The molecule has 1 aromatic rings. The lowest BCUT2D eigenvalue weighted by Gasteiger charge is -2.29. The van der Waals surface area contributed by atoms with Gasteiger partial charge in [0.2, 0.25) is 0 Å². The van der Waals surface area contributed by atoms with E-state index < -0.39 is 0 Å². The van der Waals surface area contributed by atoms with Crippen LogP contribution in [0.2, 0.25) is 0 Å². The molecule has 88 valence electrons. The molecule has 1 fully saturated rings. The van der Waals surface area contributed by atoms with Crippen LogP contribution in [0.5, 0.6) is 0 Å². The van der Waals surface area contributed by atoms with E-state index in [1.165, 1.54) is 5.69 Å². The van der Waals surface area contributed by atoms with Gasteiger partial charge in [-0.3, -0.25) is 9.48 Å². The summed E-state index contributed by atoms with van der Waals surface area (Å²) in [5.41, 5.74) is 1.25. The minimum Gasteiger partial charge on any atom is -0.302 e. The number of ketones is 1. The number of rotatable bonds is 3. The first-order valence-electron chi connectivity index (χ1n) is 5.89. The molecular formula is C12H19N3O. The van der Waals surface area contributed by atoms with Crippen LogP contribution in [0.3, 0.4) is 0 Å². The van der Waals surface area contributed by atoms with Gasteiger partial charge in [-0.1, -0.05) is 6.92 Å². The second-order valence-electron chi connectivity index (χ2n) is 4.61. The Hall–Kier alpha value is -1.16. The van der Waals surface area contributed by atoms with E-state index in [0.29, 0.717) is 12.2 Å². The van der Waals surface area contributed by atoms with Crippen LogP contribution in [0.25, 0.3) is 0 Å². The average Bonchev–Trinajstić information content (AvgIpc) is 2.66. The van der Waals surface area contributed by atoms with E-state index in [9.17, 15) is 4.79 Å². The summed E-state index contributed by atoms with van der Waals surface area (Å²) in [6.45, 7) is 4.88. The van der Waals surface area contributed by atoms with Gasteiger partial charge < -0.3 is 4.90 Å². The first-order valence-corrected chi connectivity index (χ1v) is 5.89. The number of piperidine rings is 1. The normalized spacial score (nSPS) is 22.6. The predicted molar refractivity (Wildman–Crippen MR) is 62.1 cm³/mol. The smallest absolute Gasteiger partial charge is 0.138 e. The number of likely N-dealkylation sites (tertiary alicyclic amines) is 1. The maximum atomic E-state index is 11.4. The number of Topliss-reactive ketones (excluding diaryl/α,β-unsaturated/α-hetero) is 1. The molecule has 1 atom stereocenters. The van der Waals surface area contributed by atoms with Gasteiger partial charge in [-0.2, -0.15) is 5.10 Å². The Balaban J connectivity index is 1.83. The molecule has 2 heterocycles. The molecule has 0 saturated carbocycles. The van der Waals surface area contributed by atoms with Crippen molar-refractivity contribution in [3.8, 4) is 0 Å². The Morgan fingerprint density at radius 3 is 3.00 bits per heavy atom. The van der Waals surface area contributed by atoms with Crippen molar-refractivity contribution in [2.45, 2.75) is 19.8 Å². The van der Waals surface area contributed by atoms with Crippen LogP contribution in [0.15, 0.2) is 12.3 Å². The summed E-state index contributed by atoms with van der Waals surface area (Å²) in [7, 11) is 1.97. The second-order valence-corrected chi connectivity index (χ2v) is 4.61. The topological polar surface area (TPSA) is 38.1 Å². The van der Waals surface area contributed by atoms with Crippen molar-refractivity contribution in [1.29, 1.82) is 0 Å². The Kier molecular flexibility index (Phi) is 3.39. The Labute approximate surface area is 96.2 Å². The summed E-state index contributed by atoms with van der Waals surface area (Å²) in [6, 6.07) is 2.05. The molecule has 1 saturated heterocycles. The van der Waals surface area contributed by atoms with Crippen LogP contribution < -0.4 is 0 Å². The van der Waals surface area contributed by atoms with Crippen LogP contribution in [0.4, 0.5) is 0 Å². The number of aromatic nitrogens is 2. The zero-order valence-corrected chi connectivity index (χ0v) is 10.0. The lowest BCUT2D eigenvalue weighted by molar-refractivity contribution is -0.125. The molecule has 0 amide bonds. The van der Waals surface area contributed by atoms with Crippen LogP contribution in [-0.2, 0) is 18.3 Å². The van der Waals surface area contributed by atoms with Gasteiger partial charge in [-0.05, 0) is 6.07 Å². The molecule has 16 heavy (non-hydrogen) atoms. The molecule has 2 rings (SSSR count). The molecule has 1 aliphatic heterocycles. The van der Waals surface area contributed by atoms with Gasteiger partial charge in [0.15, 0.2) is 0 Å². The lowest BCUT2D eigenvalue weighted by Crippen LogP contribution is -2.40. The monoisotopic (exact) mass is 221 g/mol. The highest BCUT2D eigenvalue weighted by Gasteiger charge is 2.22.